The van der Waals surface area contributed by atoms with E-state index in [0.717, 1.165) is 12.1 Å². The molecule has 138 valence electrons. The van der Waals surface area contributed by atoms with Crippen LogP contribution in [0.25, 0.3) is 0 Å². The highest BCUT2D eigenvalue weighted by molar-refractivity contribution is 5.94. The summed E-state index contributed by atoms with van der Waals surface area (Å²) in [6.45, 7) is 0.641. The number of ether oxygens (including phenoxy) is 1. The van der Waals surface area contributed by atoms with Gasteiger partial charge in [0.25, 0.3) is 5.91 Å². The Hall–Kier alpha value is -2.09. The molecule has 0 saturated carbocycles. The van der Waals surface area contributed by atoms with Crippen LogP contribution in [0.1, 0.15) is 41.6 Å². The first-order valence-electron chi connectivity index (χ1n) is 7.97. The van der Waals surface area contributed by atoms with Gasteiger partial charge in [0.15, 0.2) is 0 Å². The highest BCUT2D eigenvalue weighted by atomic mass is 19.4. The number of hydrogen-bond donors (Lipinski definition) is 1. The molecule has 1 atom stereocenters. The molecule has 25 heavy (non-hydrogen) atoms. The van der Waals surface area contributed by atoms with Crippen LogP contribution < -0.4 is 5.73 Å². The van der Waals surface area contributed by atoms with Crippen LogP contribution in [-0.4, -0.2) is 42.5 Å². The van der Waals surface area contributed by atoms with E-state index in [-0.39, 0.29) is 18.5 Å². The smallest absolute Gasteiger partial charge is 0.376 e. The Morgan fingerprint density at radius 1 is 1.36 bits per heavy atom. The number of carbonyl (C=O) groups excluding carboxylic acids is 2. The van der Waals surface area contributed by atoms with Crippen molar-refractivity contribution in [2.45, 2.75) is 37.5 Å². The van der Waals surface area contributed by atoms with Crippen molar-refractivity contribution in [1.82, 2.24) is 4.90 Å². The Kier molecular flexibility index (Phi) is 5.72. The number of likely N-dealkylation sites (tertiary alicyclic amines) is 1. The van der Waals surface area contributed by atoms with Crippen LogP contribution in [0.2, 0.25) is 0 Å². The van der Waals surface area contributed by atoms with Crippen molar-refractivity contribution in [3.05, 3.63) is 35.4 Å². The minimum Gasteiger partial charge on any atom is -0.376 e. The van der Waals surface area contributed by atoms with Gasteiger partial charge in [0.2, 0.25) is 5.91 Å². The van der Waals surface area contributed by atoms with E-state index in [2.05, 4.69) is 0 Å². The predicted octanol–water partition coefficient (Wildman–Crippen LogP) is 2.59. The molecule has 1 saturated heterocycles. The summed E-state index contributed by atoms with van der Waals surface area (Å²) < 4.78 is 44.1. The summed E-state index contributed by atoms with van der Waals surface area (Å²) in [6.07, 6.45) is -2.72. The zero-order valence-electron chi connectivity index (χ0n) is 13.9. The fourth-order valence-corrected chi connectivity index (χ4v) is 3.11. The van der Waals surface area contributed by atoms with Crippen LogP contribution in [0.15, 0.2) is 24.3 Å². The lowest BCUT2D eigenvalue weighted by Gasteiger charge is -2.42. The van der Waals surface area contributed by atoms with Gasteiger partial charge in [-0.2, -0.15) is 13.2 Å². The number of rotatable bonds is 5. The van der Waals surface area contributed by atoms with Crippen molar-refractivity contribution in [2.75, 3.05) is 20.2 Å². The summed E-state index contributed by atoms with van der Waals surface area (Å²) in [7, 11) is 1.50. The number of carbonyl (C=O) groups is 2. The van der Waals surface area contributed by atoms with Crippen LogP contribution in [-0.2, 0) is 15.7 Å². The first-order valence-corrected chi connectivity index (χ1v) is 7.97. The van der Waals surface area contributed by atoms with Gasteiger partial charge in [-0.05, 0) is 37.5 Å². The van der Waals surface area contributed by atoms with Crippen molar-refractivity contribution < 1.29 is 27.5 Å². The normalized spacial score (nSPS) is 21.2. The maximum atomic E-state index is 12.8. The zero-order chi connectivity index (χ0) is 18.7. The summed E-state index contributed by atoms with van der Waals surface area (Å²) in [6, 6.07) is 4.37. The van der Waals surface area contributed by atoms with Crippen molar-refractivity contribution in [3.8, 4) is 0 Å². The van der Waals surface area contributed by atoms with Crippen molar-refractivity contribution in [1.29, 1.82) is 0 Å². The average Bonchev–Trinajstić information content (AvgIpc) is 2.59. The number of alkyl halides is 3. The summed E-state index contributed by atoms with van der Waals surface area (Å²) >= 11 is 0. The van der Waals surface area contributed by atoms with E-state index in [0.29, 0.717) is 25.8 Å². The molecule has 0 spiro atoms. The third-order valence-corrected chi connectivity index (χ3v) is 4.52. The third kappa shape index (κ3) is 4.72. The Morgan fingerprint density at radius 2 is 2.08 bits per heavy atom. The van der Waals surface area contributed by atoms with Crippen molar-refractivity contribution in [2.24, 2.45) is 5.73 Å². The molecule has 2 N–H and O–H groups in total. The van der Waals surface area contributed by atoms with E-state index in [1.165, 1.54) is 24.1 Å². The fourth-order valence-electron chi connectivity index (χ4n) is 3.11. The van der Waals surface area contributed by atoms with Crippen LogP contribution in [0.3, 0.4) is 0 Å². The molecule has 0 aromatic heterocycles. The van der Waals surface area contributed by atoms with Crippen LogP contribution in [0.5, 0.6) is 0 Å². The van der Waals surface area contributed by atoms with Crippen molar-refractivity contribution >= 4 is 11.8 Å². The molecule has 0 aliphatic carbocycles. The van der Waals surface area contributed by atoms with E-state index in [1.807, 2.05) is 0 Å². The number of nitrogens with two attached hydrogens (primary N) is 1. The van der Waals surface area contributed by atoms with Crippen molar-refractivity contribution in [3.63, 3.8) is 0 Å². The van der Waals surface area contributed by atoms with E-state index in [9.17, 15) is 22.8 Å². The largest absolute Gasteiger partial charge is 0.416 e. The van der Waals surface area contributed by atoms with Gasteiger partial charge in [0.05, 0.1) is 11.2 Å². The molecule has 0 bridgehead atoms. The molecule has 5 nitrogen and oxygen atoms in total. The third-order valence-electron chi connectivity index (χ3n) is 4.52. The molecular formula is C17H21F3N2O3. The second-order valence-electron chi connectivity index (χ2n) is 6.26. The summed E-state index contributed by atoms with van der Waals surface area (Å²) in [5.74, 6) is -0.941. The van der Waals surface area contributed by atoms with E-state index >= 15 is 0 Å². The van der Waals surface area contributed by atoms with Gasteiger partial charge in [-0.1, -0.05) is 6.07 Å². The summed E-state index contributed by atoms with van der Waals surface area (Å²) in [5.41, 5.74) is 3.60. The predicted molar refractivity (Wildman–Crippen MR) is 84.7 cm³/mol. The average molecular weight is 358 g/mol. The van der Waals surface area contributed by atoms with Gasteiger partial charge in [0, 0.05) is 32.2 Å². The van der Waals surface area contributed by atoms with Gasteiger partial charge in [-0.25, -0.2) is 0 Å². The molecule has 1 heterocycles. The molecule has 1 aliphatic rings. The van der Waals surface area contributed by atoms with Crippen LogP contribution in [0, 0.1) is 0 Å². The zero-order valence-corrected chi connectivity index (χ0v) is 13.9. The number of nitrogens with zero attached hydrogens (tertiary/aromatic N) is 1. The molecule has 8 heteroatoms. The van der Waals surface area contributed by atoms with E-state index < -0.39 is 29.2 Å². The molecule has 1 aromatic carbocycles. The van der Waals surface area contributed by atoms with Gasteiger partial charge in [-0.3, -0.25) is 9.59 Å². The number of benzene rings is 1. The van der Waals surface area contributed by atoms with E-state index in [1.54, 1.807) is 0 Å². The van der Waals surface area contributed by atoms with Gasteiger partial charge < -0.3 is 15.4 Å². The Bertz CT molecular complexity index is 648. The Labute approximate surface area is 143 Å². The first-order chi connectivity index (χ1) is 11.7. The molecule has 1 aromatic rings. The van der Waals surface area contributed by atoms with E-state index in [4.69, 9.17) is 10.5 Å². The monoisotopic (exact) mass is 358 g/mol. The molecule has 2 rings (SSSR count). The quantitative estimate of drug-likeness (QED) is 0.879. The summed E-state index contributed by atoms with van der Waals surface area (Å²) in [4.78, 5) is 25.2. The fraction of sp³-hybridized carbons (Fsp3) is 0.529. The maximum absolute atomic E-state index is 12.8. The number of primary amides is 1. The SMILES string of the molecule is CO[C@@]1(CCC(N)=O)CCCN(C(=O)c2cccc(C(F)(F)F)c2)C1. The second kappa shape index (κ2) is 7.43. The lowest BCUT2D eigenvalue weighted by Crippen LogP contribution is -2.51. The Morgan fingerprint density at radius 3 is 2.68 bits per heavy atom. The number of halogens is 3. The number of methoxy groups -OCH3 is 1. The molecule has 0 unspecified atom stereocenters. The summed E-state index contributed by atoms with van der Waals surface area (Å²) in [5, 5.41) is 0. The van der Waals surface area contributed by atoms with Gasteiger partial charge in [-0.15, -0.1) is 0 Å². The lowest BCUT2D eigenvalue weighted by atomic mass is 9.87. The van der Waals surface area contributed by atoms with Crippen LogP contribution >= 0.6 is 0 Å². The molecule has 1 aliphatic heterocycles. The number of hydrogen-bond acceptors (Lipinski definition) is 3. The van der Waals surface area contributed by atoms with Crippen LogP contribution in [0.4, 0.5) is 13.2 Å². The first kappa shape index (κ1) is 19.2. The van der Waals surface area contributed by atoms with Gasteiger partial charge >= 0.3 is 6.18 Å². The lowest BCUT2D eigenvalue weighted by molar-refractivity contribution is -0.137. The highest BCUT2D eigenvalue weighted by Gasteiger charge is 2.38. The minimum absolute atomic E-state index is 0.0170. The second-order valence-corrected chi connectivity index (χ2v) is 6.26. The number of piperidine rings is 1. The standard InChI is InChI=1S/C17H21F3N2O3/c1-25-16(8-6-14(21)23)7-3-9-22(11-16)15(24)12-4-2-5-13(10-12)17(18,19)20/h2,4-5,10H,3,6-9,11H2,1H3,(H2,21,23)/t16-/m1/s1. The maximum Gasteiger partial charge on any atom is 0.416 e. The topological polar surface area (TPSA) is 72.6 Å². The molecule has 1 fully saturated rings. The molecule has 2 amide bonds. The number of amides is 2. The molecule has 0 radical (unpaired) electrons. The van der Waals surface area contributed by atoms with Gasteiger partial charge in [0.1, 0.15) is 0 Å². The highest BCUT2D eigenvalue weighted by Crippen LogP contribution is 2.32. The minimum atomic E-state index is -4.50. The molecular weight excluding hydrogens is 337 g/mol. The Balaban J connectivity index is 2.17.